The van der Waals surface area contributed by atoms with Gasteiger partial charge >= 0.3 is 0 Å². The minimum Gasteiger partial charge on any atom is -0.304 e. The summed E-state index contributed by atoms with van der Waals surface area (Å²) in [5, 5.41) is 0. The van der Waals surface area contributed by atoms with Gasteiger partial charge in [0.25, 0.3) is 0 Å². The van der Waals surface area contributed by atoms with Crippen LogP contribution in [0.4, 0.5) is 8.78 Å². The predicted molar refractivity (Wildman–Crippen MR) is 143 cm³/mol. The van der Waals surface area contributed by atoms with Crippen LogP contribution in [0.3, 0.4) is 0 Å². The van der Waals surface area contributed by atoms with E-state index in [0.29, 0.717) is 5.69 Å². The number of aromatic nitrogens is 1. The summed E-state index contributed by atoms with van der Waals surface area (Å²) in [6.45, 7) is 4.19. The van der Waals surface area contributed by atoms with E-state index in [1.807, 2.05) is 6.07 Å². The van der Waals surface area contributed by atoms with Crippen molar-refractivity contribution in [1.82, 2.24) is 4.98 Å². The van der Waals surface area contributed by atoms with Crippen molar-refractivity contribution in [3.8, 4) is 33.5 Å². The maximum absolute atomic E-state index is 14.1. The van der Waals surface area contributed by atoms with E-state index in [4.69, 9.17) is 0 Å². The van der Waals surface area contributed by atoms with Gasteiger partial charge < -0.3 is 4.98 Å². The molecular weight excluding hydrogens is 641 g/mol. The molecule has 1 aromatic heterocycles. The number of aryl methyl sites for hydroxylation is 4. The van der Waals surface area contributed by atoms with Gasteiger partial charge in [0.1, 0.15) is 0 Å². The van der Waals surface area contributed by atoms with E-state index in [-0.39, 0.29) is 25.7 Å². The van der Waals surface area contributed by atoms with Crippen LogP contribution in [0.1, 0.15) is 22.3 Å². The smallest absolute Gasteiger partial charge is 0.0408 e. The molecule has 5 rings (SSSR count). The molecule has 1 radical (unpaired) electrons. The summed E-state index contributed by atoms with van der Waals surface area (Å²) in [7, 11) is 0. The third-order valence-electron chi connectivity index (χ3n) is 6.40. The van der Waals surface area contributed by atoms with Crippen LogP contribution in [0, 0.1) is 31.5 Å². The molecule has 0 aliphatic carbocycles. The summed E-state index contributed by atoms with van der Waals surface area (Å²) in [6, 6.07) is 32.3. The van der Waals surface area contributed by atoms with Gasteiger partial charge in [0, 0.05) is 37.9 Å². The molecular formula is C33H26F2IrN-. The van der Waals surface area contributed by atoms with E-state index in [2.05, 4.69) is 91.6 Å². The van der Waals surface area contributed by atoms with Gasteiger partial charge in [-0.25, -0.2) is 0 Å². The minimum atomic E-state index is -0.660. The SMILES string of the molecule is Cc1ccc(-c2cc(CCc3ccc(-c4[c-]cc(F)cc4F)nc3)cc(-c3ccc(C)cc3)c2)cc1.[Ir]. The fourth-order valence-electron chi connectivity index (χ4n) is 4.31. The van der Waals surface area contributed by atoms with Gasteiger partial charge in [-0.2, -0.15) is 0 Å². The number of pyridine rings is 1. The van der Waals surface area contributed by atoms with Crippen molar-refractivity contribution in [2.45, 2.75) is 26.7 Å². The van der Waals surface area contributed by atoms with Crippen LogP contribution in [-0.4, -0.2) is 4.98 Å². The molecule has 0 aliphatic heterocycles. The Hall–Kier alpha value is -3.46. The van der Waals surface area contributed by atoms with Crippen LogP contribution >= 0.6 is 0 Å². The Morgan fingerprint density at radius 1 is 0.649 bits per heavy atom. The van der Waals surface area contributed by atoms with Crippen molar-refractivity contribution in [1.29, 1.82) is 0 Å². The fraction of sp³-hybridized carbons (Fsp3) is 0.121. The maximum atomic E-state index is 14.1. The van der Waals surface area contributed by atoms with E-state index in [1.54, 1.807) is 12.3 Å². The van der Waals surface area contributed by atoms with Crippen LogP contribution in [0.2, 0.25) is 0 Å². The predicted octanol–water partition coefficient (Wildman–Crippen LogP) is 8.56. The summed E-state index contributed by atoms with van der Waals surface area (Å²) in [5.74, 6) is -1.31. The van der Waals surface area contributed by atoms with Crippen LogP contribution in [0.25, 0.3) is 33.5 Å². The Morgan fingerprint density at radius 2 is 1.22 bits per heavy atom. The van der Waals surface area contributed by atoms with Crippen LogP contribution in [-0.2, 0) is 32.9 Å². The quantitative estimate of drug-likeness (QED) is 0.166. The number of halogens is 2. The summed E-state index contributed by atoms with van der Waals surface area (Å²) in [4.78, 5) is 4.40. The zero-order valence-electron chi connectivity index (χ0n) is 20.7. The van der Waals surface area contributed by atoms with Gasteiger partial charge in [-0.1, -0.05) is 95.6 Å². The third kappa shape index (κ3) is 6.46. The number of rotatable bonds is 6. The molecule has 0 unspecified atom stereocenters. The van der Waals surface area contributed by atoms with Crippen molar-refractivity contribution in [2.24, 2.45) is 0 Å². The first-order valence-corrected chi connectivity index (χ1v) is 12.0. The fourth-order valence-corrected chi connectivity index (χ4v) is 4.31. The molecule has 0 amide bonds. The summed E-state index contributed by atoms with van der Waals surface area (Å²) in [5.41, 5.74) is 10.2. The number of hydrogen-bond acceptors (Lipinski definition) is 1. The standard InChI is InChI=1S/C33H26F2N.Ir/c1-22-3-10-26(11-4-22)28-17-25(18-29(19-28)27-12-5-23(2)6-13-27)8-7-24-9-16-33(36-21-24)31-15-14-30(34)20-32(31)35;/h3-6,9-14,16-21H,7-8H2,1-2H3;/q-1;. The molecule has 187 valence electrons. The number of nitrogens with zero attached hydrogens (tertiary/aromatic N) is 1. The Labute approximate surface area is 230 Å². The van der Waals surface area contributed by atoms with E-state index < -0.39 is 11.6 Å². The molecule has 0 fully saturated rings. The van der Waals surface area contributed by atoms with E-state index in [1.165, 1.54) is 38.9 Å². The largest absolute Gasteiger partial charge is 0.304 e. The maximum Gasteiger partial charge on any atom is 0.0408 e. The van der Waals surface area contributed by atoms with Gasteiger partial charge in [-0.3, -0.25) is 8.78 Å². The Bertz CT molecular complexity index is 1430. The zero-order valence-corrected chi connectivity index (χ0v) is 23.1. The molecule has 37 heavy (non-hydrogen) atoms. The van der Waals surface area contributed by atoms with Gasteiger partial charge in [-0.05, 0) is 71.8 Å². The second-order valence-electron chi connectivity index (χ2n) is 9.24. The average molecular weight is 667 g/mol. The number of hydrogen-bond donors (Lipinski definition) is 0. The molecule has 4 heteroatoms. The van der Waals surface area contributed by atoms with Crippen molar-refractivity contribution in [3.63, 3.8) is 0 Å². The Morgan fingerprint density at radius 3 is 1.73 bits per heavy atom. The molecule has 5 aromatic rings. The van der Waals surface area contributed by atoms with E-state index in [0.717, 1.165) is 30.5 Å². The van der Waals surface area contributed by atoms with Gasteiger partial charge in [0.05, 0.1) is 0 Å². The molecule has 0 atom stereocenters. The third-order valence-corrected chi connectivity index (χ3v) is 6.40. The monoisotopic (exact) mass is 667 g/mol. The molecule has 0 N–H and O–H groups in total. The van der Waals surface area contributed by atoms with Crippen molar-refractivity contribution in [3.05, 3.63) is 137 Å². The van der Waals surface area contributed by atoms with Crippen molar-refractivity contribution >= 4 is 0 Å². The molecule has 0 aliphatic rings. The Balaban J connectivity index is 0.00000320. The molecule has 1 nitrogen and oxygen atoms in total. The van der Waals surface area contributed by atoms with Crippen molar-refractivity contribution < 1.29 is 28.9 Å². The molecule has 1 heterocycles. The first kappa shape index (κ1) is 26.6. The molecule has 0 spiro atoms. The topological polar surface area (TPSA) is 12.9 Å². The molecule has 0 saturated heterocycles. The van der Waals surface area contributed by atoms with Gasteiger partial charge in [0.2, 0.25) is 0 Å². The first-order valence-electron chi connectivity index (χ1n) is 12.0. The van der Waals surface area contributed by atoms with Crippen LogP contribution in [0.5, 0.6) is 0 Å². The van der Waals surface area contributed by atoms with Crippen molar-refractivity contribution in [2.75, 3.05) is 0 Å². The minimum absolute atomic E-state index is 0. The van der Waals surface area contributed by atoms with E-state index >= 15 is 0 Å². The number of benzene rings is 4. The molecule has 0 bridgehead atoms. The zero-order chi connectivity index (χ0) is 25.1. The second-order valence-corrected chi connectivity index (χ2v) is 9.24. The second kappa shape index (κ2) is 11.7. The summed E-state index contributed by atoms with van der Waals surface area (Å²) < 4.78 is 27.3. The summed E-state index contributed by atoms with van der Waals surface area (Å²) >= 11 is 0. The van der Waals surface area contributed by atoms with Crippen LogP contribution < -0.4 is 0 Å². The van der Waals surface area contributed by atoms with Gasteiger partial charge in [-0.15, -0.1) is 12.1 Å². The van der Waals surface area contributed by atoms with Crippen LogP contribution in [0.15, 0.2) is 97.2 Å². The molecule has 0 saturated carbocycles. The summed E-state index contributed by atoms with van der Waals surface area (Å²) in [6.07, 6.45) is 3.40. The van der Waals surface area contributed by atoms with Gasteiger partial charge in [0.15, 0.2) is 0 Å². The molecule has 4 aromatic carbocycles. The average Bonchev–Trinajstić information content (AvgIpc) is 2.89. The normalized spacial score (nSPS) is 10.7. The van der Waals surface area contributed by atoms with E-state index in [9.17, 15) is 8.78 Å². The Kier molecular flexibility index (Phi) is 8.43. The first-order chi connectivity index (χ1) is 17.4.